The van der Waals surface area contributed by atoms with Crippen molar-refractivity contribution in [3.8, 4) is 0 Å². The third-order valence-corrected chi connectivity index (χ3v) is 8.06. The van der Waals surface area contributed by atoms with Crippen LogP contribution in [0.5, 0.6) is 0 Å². The first kappa shape index (κ1) is 30.7. The second-order valence-electron chi connectivity index (χ2n) is 9.35. The number of phosphoric ester groups is 1. The Labute approximate surface area is 215 Å². The monoisotopic (exact) mass is 552 g/mol. The topological polar surface area (TPSA) is 156 Å². The lowest BCUT2D eigenvalue weighted by Gasteiger charge is -2.39. The van der Waals surface area contributed by atoms with Crippen LogP contribution in [0.1, 0.15) is 52.9 Å². The van der Waals surface area contributed by atoms with Gasteiger partial charge in [0.1, 0.15) is 0 Å². The Bertz CT molecular complexity index is 832. The summed E-state index contributed by atoms with van der Waals surface area (Å²) >= 11 is 1.11. The summed E-state index contributed by atoms with van der Waals surface area (Å²) < 4.78 is 39.1. The largest absolute Gasteiger partial charge is 0.478 e. The molecule has 36 heavy (non-hydrogen) atoms. The second kappa shape index (κ2) is 14.4. The molecule has 0 aromatic rings. The van der Waals surface area contributed by atoms with Crippen molar-refractivity contribution in [2.24, 2.45) is 11.3 Å². The van der Waals surface area contributed by atoms with E-state index in [1.54, 1.807) is 21.0 Å². The van der Waals surface area contributed by atoms with Crippen molar-refractivity contribution < 1.29 is 46.8 Å². The minimum atomic E-state index is -4.16. The molecular formula is C22H37N2O10PS. The number of phosphoric acid groups is 1. The molecule has 14 heteroatoms. The zero-order valence-corrected chi connectivity index (χ0v) is 23.0. The average molecular weight is 553 g/mol. The fourth-order valence-corrected chi connectivity index (χ4v) is 5.76. The maximum atomic E-state index is 12.9. The summed E-state index contributed by atoms with van der Waals surface area (Å²) in [6, 6.07) is 0. The minimum absolute atomic E-state index is 0.0243. The number of methoxy groups -OCH3 is 1. The van der Waals surface area contributed by atoms with Gasteiger partial charge in [-0.3, -0.25) is 28.2 Å². The average Bonchev–Trinajstić information content (AvgIpc) is 2.83. The molecule has 0 aromatic heterocycles. The first-order valence-electron chi connectivity index (χ1n) is 11.9. The van der Waals surface area contributed by atoms with E-state index in [1.165, 1.54) is 6.92 Å². The molecule has 0 aromatic carbocycles. The molecule has 1 unspecified atom stereocenters. The molecule has 2 aliphatic rings. The molecule has 0 bridgehead atoms. The molecule has 2 fully saturated rings. The zero-order chi connectivity index (χ0) is 26.8. The number of nitrogens with one attached hydrogen (secondary N) is 2. The Hall–Kier alpha value is -1.50. The van der Waals surface area contributed by atoms with Crippen LogP contribution < -0.4 is 10.6 Å². The third-order valence-electron chi connectivity index (χ3n) is 5.91. The normalized spacial score (nSPS) is 27.6. The second-order valence-corrected chi connectivity index (χ2v) is 12.2. The van der Waals surface area contributed by atoms with E-state index in [1.807, 2.05) is 0 Å². The van der Waals surface area contributed by atoms with Crippen molar-refractivity contribution in [1.82, 2.24) is 10.6 Å². The lowest BCUT2D eigenvalue weighted by atomic mass is 9.87. The van der Waals surface area contributed by atoms with Gasteiger partial charge in [-0.05, 0) is 25.7 Å². The first-order chi connectivity index (χ1) is 17.0. The van der Waals surface area contributed by atoms with E-state index in [4.69, 9.17) is 23.0 Å². The lowest BCUT2D eigenvalue weighted by molar-refractivity contribution is -0.161. The van der Waals surface area contributed by atoms with Crippen LogP contribution in [0.15, 0.2) is 0 Å². The maximum Gasteiger partial charge on any atom is 0.478 e. The highest BCUT2D eigenvalue weighted by molar-refractivity contribution is 8.13. The number of carbonyl (C=O) groups is 4. The van der Waals surface area contributed by atoms with Gasteiger partial charge in [0, 0.05) is 44.7 Å². The standard InChI is InChI=1S/C22H37N2O10PS/c1-15(25)36-12-11-23-18(26)9-10-24-20(27)19-22(2,3)13-32-35(29,34-19)33-14-31-21(28)16-5-7-17(30-4)8-6-16/h16-17,19H,5-14H2,1-4H3,(H,23,26)(H,24,27)/t16?,17?,19-,35?/m0/s1. The van der Waals surface area contributed by atoms with Crippen LogP contribution in [-0.2, 0) is 46.8 Å². The van der Waals surface area contributed by atoms with Crippen molar-refractivity contribution >= 4 is 42.5 Å². The van der Waals surface area contributed by atoms with Gasteiger partial charge in [-0.1, -0.05) is 25.6 Å². The highest BCUT2D eigenvalue weighted by Crippen LogP contribution is 2.57. The highest BCUT2D eigenvalue weighted by atomic mass is 32.2. The lowest BCUT2D eigenvalue weighted by Crippen LogP contribution is -2.50. The number of rotatable bonds is 12. The number of esters is 1. The fourth-order valence-electron chi connectivity index (χ4n) is 3.76. The van der Waals surface area contributed by atoms with Crippen LogP contribution in [0.2, 0.25) is 0 Å². The molecule has 1 aliphatic carbocycles. The summed E-state index contributed by atoms with van der Waals surface area (Å²) in [6.07, 6.45) is 1.77. The number of carbonyl (C=O) groups excluding carboxylic acids is 4. The van der Waals surface area contributed by atoms with E-state index in [2.05, 4.69) is 10.6 Å². The SMILES string of the molecule is COC1CCC(C(=O)OCOP2(=O)OCC(C)(C)[C@H](C(=O)NCCC(=O)NCCSC(C)=O)O2)CC1. The van der Waals surface area contributed by atoms with Gasteiger partial charge < -0.3 is 20.1 Å². The predicted molar refractivity (Wildman–Crippen MR) is 131 cm³/mol. The summed E-state index contributed by atoms with van der Waals surface area (Å²) in [5.41, 5.74) is -0.829. The summed E-state index contributed by atoms with van der Waals surface area (Å²) in [5.74, 6) is -1.12. The van der Waals surface area contributed by atoms with Crippen LogP contribution >= 0.6 is 19.6 Å². The van der Waals surface area contributed by atoms with Crippen molar-refractivity contribution in [2.45, 2.75) is 65.1 Å². The first-order valence-corrected chi connectivity index (χ1v) is 14.3. The quantitative estimate of drug-likeness (QED) is 0.158. The van der Waals surface area contributed by atoms with E-state index in [0.717, 1.165) is 24.6 Å². The van der Waals surface area contributed by atoms with Gasteiger partial charge in [0.15, 0.2) is 11.2 Å². The molecule has 1 saturated carbocycles. The molecule has 1 aliphatic heterocycles. The highest BCUT2D eigenvalue weighted by Gasteiger charge is 2.49. The van der Waals surface area contributed by atoms with Gasteiger partial charge in [0.25, 0.3) is 0 Å². The summed E-state index contributed by atoms with van der Waals surface area (Å²) in [4.78, 5) is 47.8. The molecular weight excluding hydrogens is 515 g/mol. The molecule has 2 atom stereocenters. The van der Waals surface area contributed by atoms with Gasteiger partial charge in [-0.25, -0.2) is 9.09 Å². The summed E-state index contributed by atoms with van der Waals surface area (Å²) in [7, 11) is -2.52. The van der Waals surface area contributed by atoms with Gasteiger partial charge in [-0.15, -0.1) is 0 Å². The van der Waals surface area contributed by atoms with Gasteiger partial charge in [0.2, 0.25) is 18.6 Å². The van der Waals surface area contributed by atoms with Crippen molar-refractivity contribution in [3.05, 3.63) is 0 Å². The van der Waals surface area contributed by atoms with E-state index in [9.17, 15) is 23.7 Å². The van der Waals surface area contributed by atoms with Crippen LogP contribution in [0.25, 0.3) is 0 Å². The van der Waals surface area contributed by atoms with E-state index >= 15 is 0 Å². The van der Waals surface area contributed by atoms with Crippen LogP contribution in [0.4, 0.5) is 0 Å². The molecule has 2 N–H and O–H groups in total. The maximum absolute atomic E-state index is 12.9. The number of hydrogen-bond acceptors (Lipinski definition) is 11. The smallest absolute Gasteiger partial charge is 0.438 e. The predicted octanol–water partition coefficient (Wildman–Crippen LogP) is 2.16. The molecule has 2 rings (SSSR count). The molecule has 1 heterocycles. The van der Waals surface area contributed by atoms with E-state index < -0.39 is 38.0 Å². The van der Waals surface area contributed by atoms with Gasteiger partial charge in [0.05, 0.1) is 18.6 Å². The van der Waals surface area contributed by atoms with Crippen LogP contribution in [0.3, 0.4) is 0 Å². The molecule has 1 saturated heterocycles. The molecule has 206 valence electrons. The Morgan fingerprint density at radius 2 is 1.78 bits per heavy atom. The van der Waals surface area contributed by atoms with Crippen LogP contribution in [0, 0.1) is 11.3 Å². The van der Waals surface area contributed by atoms with Gasteiger partial charge >= 0.3 is 13.8 Å². The van der Waals surface area contributed by atoms with Crippen molar-refractivity contribution in [1.29, 1.82) is 0 Å². The Balaban J connectivity index is 1.76. The zero-order valence-electron chi connectivity index (χ0n) is 21.2. The third kappa shape index (κ3) is 10.1. The number of ether oxygens (including phenoxy) is 2. The summed E-state index contributed by atoms with van der Waals surface area (Å²) in [5, 5.41) is 5.23. The minimum Gasteiger partial charge on any atom is -0.438 e. The number of thioether (sulfide) groups is 1. The Morgan fingerprint density at radius 3 is 2.42 bits per heavy atom. The number of amides is 2. The molecule has 12 nitrogen and oxygen atoms in total. The van der Waals surface area contributed by atoms with E-state index in [-0.39, 0.29) is 42.6 Å². The number of hydrogen-bond donors (Lipinski definition) is 2. The van der Waals surface area contributed by atoms with E-state index in [0.29, 0.717) is 25.1 Å². The Kier molecular flexibility index (Phi) is 12.3. The molecule has 2 amide bonds. The van der Waals surface area contributed by atoms with Crippen LogP contribution in [-0.4, -0.2) is 74.5 Å². The molecule has 0 spiro atoms. The van der Waals surface area contributed by atoms with Gasteiger partial charge in [-0.2, -0.15) is 0 Å². The fraction of sp³-hybridized carbons (Fsp3) is 0.818. The van der Waals surface area contributed by atoms with Crippen molar-refractivity contribution in [2.75, 3.05) is 39.4 Å². The Morgan fingerprint density at radius 1 is 1.08 bits per heavy atom. The summed E-state index contributed by atoms with van der Waals surface area (Å²) in [6.45, 7) is 4.52. The molecule has 0 radical (unpaired) electrons. The van der Waals surface area contributed by atoms with Crippen molar-refractivity contribution in [3.63, 3.8) is 0 Å².